The van der Waals surface area contributed by atoms with Gasteiger partial charge in [-0.25, -0.2) is 4.39 Å². The Hall–Kier alpha value is -3.15. The van der Waals surface area contributed by atoms with Crippen LogP contribution in [-0.2, 0) is 6.61 Å². The molecule has 0 radical (unpaired) electrons. The van der Waals surface area contributed by atoms with Crippen molar-refractivity contribution in [2.24, 2.45) is 0 Å². The minimum atomic E-state index is -0.354. The zero-order chi connectivity index (χ0) is 17.9. The number of hydrogen-bond acceptors (Lipinski definition) is 3. The van der Waals surface area contributed by atoms with Crippen LogP contribution in [0.1, 0.15) is 34.2 Å². The predicted molar refractivity (Wildman–Crippen MR) is 94.2 cm³/mol. The topological polar surface area (TPSA) is 58.2 Å². The van der Waals surface area contributed by atoms with Gasteiger partial charge >= 0.3 is 0 Å². The van der Waals surface area contributed by atoms with Crippen molar-refractivity contribution < 1.29 is 13.9 Å². The minimum Gasteiger partial charge on any atom is -0.487 e. The molecule has 1 fully saturated rings. The molecule has 2 aromatic carbocycles. The molecule has 132 valence electrons. The monoisotopic (exact) mass is 351 g/mol. The molecule has 2 heterocycles. The van der Waals surface area contributed by atoms with Gasteiger partial charge in [-0.1, -0.05) is 36.4 Å². The van der Waals surface area contributed by atoms with Crippen molar-refractivity contribution in [2.45, 2.75) is 19.1 Å². The summed E-state index contributed by atoms with van der Waals surface area (Å²) in [5.74, 6) is -0.0227. The van der Waals surface area contributed by atoms with Gasteiger partial charge in [0.05, 0.1) is 11.7 Å². The summed E-state index contributed by atoms with van der Waals surface area (Å²) in [6, 6.07) is 17.7. The summed E-state index contributed by atoms with van der Waals surface area (Å²) in [6.45, 7) is 0.909. The SMILES string of the molecule is O=C(c1cc(COc2cccc(F)c2)[nH]n1)N1CCC1c1ccccc1. The number of likely N-dealkylation sites (tertiary alicyclic amines) is 1. The molecule has 1 unspecified atom stereocenters. The van der Waals surface area contributed by atoms with Crippen LogP contribution in [0.2, 0.25) is 0 Å². The number of hydrogen-bond donors (Lipinski definition) is 1. The Bertz CT molecular complexity index is 910. The van der Waals surface area contributed by atoms with E-state index in [1.165, 1.54) is 12.1 Å². The Morgan fingerprint density at radius 1 is 1.19 bits per heavy atom. The van der Waals surface area contributed by atoms with E-state index in [0.29, 0.717) is 17.1 Å². The molecular formula is C20H18FN3O2. The van der Waals surface area contributed by atoms with E-state index in [2.05, 4.69) is 10.2 Å². The van der Waals surface area contributed by atoms with E-state index in [-0.39, 0.29) is 24.4 Å². The minimum absolute atomic E-state index is 0.0987. The summed E-state index contributed by atoms with van der Waals surface area (Å²) in [5.41, 5.74) is 2.16. The first-order valence-electron chi connectivity index (χ1n) is 8.49. The van der Waals surface area contributed by atoms with Crippen molar-refractivity contribution in [1.82, 2.24) is 15.1 Å². The van der Waals surface area contributed by atoms with Crippen LogP contribution in [0.4, 0.5) is 4.39 Å². The van der Waals surface area contributed by atoms with Gasteiger partial charge < -0.3 is 9.64 Å². The fraction of sp³-hybridized carbons (Fsp3) is 0.200. The van der Waals surface area contributed by atoms with Crippen LogP contribution in [0, 0.1) is 5.82 Å². The average Bonchev–Trinajstić information content (AvgIpc) is 3.09. The van der Waals surface area contributed by atoms with Crippen molar-refractivity contribution >= 4 is 5.91 Å². The smallest absolute Gasteiger partial charge is 0.274 e. The number of aromatic amines is 1. The fourth-order valence-electron chi connectivity index (χ4n) is 3.06. The molecule has 0 saturated carbocycles. The van der Waals surface area contributed by atoms with Gasteiger partial charge in [0.2, 0.25) is 0 Å². The Morgan fingerprint density at radius 3 is 2.77 bits per heavy atom. The molecule has 0 aliphatic carbocycles. The van der Waals surface area contributed by atoms with E-state index in [4.69, 9.17) is 4.74 Å². The molecule has 5 nitrogen and oxygen atoms in total. The van der Waals surface area contributed by atoms with Crippen molar-refractivity contribution in [3.05, 3.63) is 83.4 Å². The second-order valence-corrected chi connectivity index (χ2v) is 6.24. The number of carbonyl (C=O) groups excluding carboxylic acids is 1. The molecule has 1 N–H and O–H groups in total. The molecule has 1 amide bonds. The summed E-state index contributed by atoms with van der Waals surface area (Å²) in [5, 5.41) is 6.92. The third-order valence-corrected chi connectivity index (χ3v) is 4.51. The van der Waals surface area contributed by atoms with Gasteiger partial charge in [0.25, 0.3) is 5.91 Å². The van der Waals surface area contributed by atoms with Gasteiger partial charge in [-0.2, -0.15) is 5.10 Å². The van der Waals surface area contributed by atoms with E-state index < -0.39 is 0 Å². The van der Waals surface area contributed by atoms with E-state index >= 15 is 0 Å². The van der Waals surface area contributed by atoms with Crippen molar-refractivity contribution in [3.63, 3.8) is 0 Å². The Labute approximate surface area is 150 Å². The van der Waals surface area contributed by atoms with Crippen molar-refractivity contribution in [3.8, 4) is 5.75 Å². The Morgan fingerprint density at radius 2 is 2.04 bits per heavy atom. The van der Waals surface area contributed by atoms with Crippen LogP contribution in [-0.4, -0.2) is 27.5 Å². The first-order chi connectivity index (χ1) is 12.7. The number of ether oxygens (including phenoxy) is 1. The summed E-state index contributed by atoms with van der Waals surface area (Å²) in [7, 11) is 0. The second kappa shape index (κ2) is 7.00. The zero-order valence-electron chi connectivity index (χ0n) is 14.1. The predicted octanol–water partition coefficient (Wildman–Crippen LogP) is 3.72. The second-order valence-electron chi connectivity index (χ2n) is 6.24. The lowest BCUT2D eigenvalue weighted by Crippen LogP contribution is -2.45. The Kier molecular flexibility index (Phi) is 4.39. The van der Waals surface area contributed by atoms with Crippen molar-refractivity contribution in [1.29, 1.82) is 0 Å². The summed E-state index contributed by atoms with van der Waals surface area (Å²) in [6.07, 6.45) is 0.954. The number of aromatic nitrogens is 2. The van der Waals surface area contributed by atoms with Crippen LogP contribution in [0.5, 0.6) is 5.75 Å². The number of carbonyl (C=O) groups is 1. The normalized spacial score (nSPS) is 16.2. The quantitative estimate of drug-likeness (QED) is 0.762. The lowest BCUT2D eigenvalue weighted by atomic mass is 9.94. The highest BCUT2D eigenvalue weighted by Crippen LogP contribution is 2.34. The maximum absolute atomic E-state index is 13.2. The first kappa shape index (κ1) is 16.3. The number of halogens is 1. The highest BCUT2D eigenvalue weighted by atomic mass is 19.1. The number of benzene rings is 2. The van der Waals surface area contributed by atoms with Crippen molar-refractivity contribution in [2.75, 3.05) is 6.54 Å². The molecule has 1 atom stereocenters. The molecule has 1 aliphatic rings. The number of amides is 1. The maximum Gasteiger partial charge on any atom is 0.274 e. The van der Waals surface area contributed by atoms with Gasteiger partial charge in [-0.05, 0) is 30.2 Å². The molecule has 0 spiro atoms. The van der Waals surface area contributed by atoms with Gasteiger partial charge in [-0.3, -0.25) is 9.89 Å². The summed E-state index contributed by atoms with van der Waals surface area (Å²) in [4.78, 5) is 14.5. The average molecular weight is 351 g/mol. The standard InChI is InChI=1S/C20H18FN3O2/c21-15-7-4-8-17(11-15)26-13-16-12-18(23-22-16)20(25)24-10-9-19(24)14-5-2-1-3-6-14/h1-8,11-12,19H,9-10,13H2,(H,22,23). The highest BCUT2D eigenvalue weighted by Gasteiger charge is 2.34. The van der Waals surface area contributed by atoms with Crippen LogP contribution in [0.15, 0.2) is 60.7 Å². The van der Waals surface area contributed by atoms with E-state index in [0.717, 1.165) is 18.5 Å². The molecule has 1 aliphatic heterocycles. The molecule has 6 heteroatoms. The molecule has 0 bridgehead atoms. The Balaban J connectivity index is 1.40. The van der Waals surface area contributed by atoms with Crippen LogP contribution in [0.3, 0.4) is 0 Å². The highest BCUT2D eigenvalue weighted by molar-refractivity contribution is 5.93. The largest absolute Gasteiger partial charge is 0.487 e. The van der Waals surface area contributed by atoms with E-state index in [1.54, 1.807) is 18.2 Å². The first-order valence-corrected chi connectivity index (χ1v) is 8.49. The van der Waals surface area contributed by atoms with Gasteiger partial charge in [0, 0.05) is 12.6 Å². The maximum atomic E-state index is 13.2. The lowest BCUT2D eigenvalue weighted by molar-refractivity contribution is 0.0454. The van der Waals surface area contributed by atoms with Crippen LogP contribution in [0.25, 0.3) is 0 Å². The number of H-pyrrole nitrogens is 1. The molecule has 1 aromatic heterocycles. The molecule has 3 aromatic rings. The van der Waals surface area contributed by atoms with E-state index in [9.17, 15) is 9.18 Å². The van der Waals surface area contributed by atoms with Crippen LogP contribution >= 0.6 is 0 Å². The summed E-state index contributed by atoms with van der Waals surface area (Å²) >= 11 is 0. The molecule has 1 saturated heterocycles. The zero-order valence-corrected chi connectivity index (χ0v) is 14.1. The summed E-state index contributed by atoms with van der Waals surface area (Å²) < 4.78 is 18.7. The van der Waals surface area contributed by atoms with Gasteiger partial charge in [0.15, 0.2) is 5.69 Å². The van der Waals surface area contributed by atoms with E-state index in [1.807, 2.05) is 35.2 Å². The molecule has 4 rings (SSSR count). The lowest BCUT2D eigenvalue weighted by Gasteiger charge is -2.40. The number of nitrogens with zero attached hydrogens (tertiary/aromatic N) is 2. The molecule has 26 heavy (non-hydrogen) atoms. The van der Waals surface area contributed by atoms with Gasteiger partial charge in [-0.15, -0.1) is 0 Å². The number of nitrogens with one attached hydrogen (secondary N) is 1. The third kappa shape index (κ3) is 3.31. The fourth-order valence-corrected chi connectivity index (χ4v) is 3.06. The van der Waals surface area contributed by atoms with Crippen LogP contribution < -0.4 is 4.74 Å². The third-order valence-electron chi connectivity index (χ3n) is 4.51. The molecular weight excluding hydrogens is 333 g/mol. The van der Waals surface area contributed by atoms with Gasteiger partial charge in [0.1, 0.15) is 18.2 Å². The number of rotatable bonds is 5.